The number of hydrazone groups is 1. The van der Waals surface area contributed by atoms with Crippen molar-refractivity contribution in [3.8, 4) is 0 Å². The lowest BCUT2D eigenvalue weighted by atomic mass is 10.1. The largest absolute Gasteiger partial charge is 0.443 e. The van der Waals surface area contributed by atoms with Crippen molar-refractivity contribution in [2.24, 2.45) is 5.10 Å². The number of benzene rings is 1. The quantitative estimate of drug-likeness (QED) is 0.680. The zero-order valence-corrected chi connectivity index (χ0v) is 14.6. The first-order valence-electron chi connectivity index (χ1n) is 7.92. The van der Waals surface area contributed by atoms with Gasteiger partial charge in [0.05, 0.1) is 24.6 Å². The van der Waals surface area contributed by atoms with E-state index in [0.29, 0.717) is 43.3 Å². The van der Waals surface area contributed by atoms with Gasteiger partial charge in [-0.05, 0) is 39.8 Å². The van der Waals surface area contributed by atoms with Gasteiger partial charge in [-0.2, -0.15) is 5.10 Å². The van der Waals surface area contributed by atoms with Crippen molar-refractivity contribution in [1.82, 2.24) is 5.43 Å². The zero-order chi connectivity index (χ0) is 17.7. The summed E-state index contributed by atoms with van der Waals surface area (Å²) in [6, 6.07) is 4.92. The second-order valence-corrected chi connectivity index (χ2v) is 6.58. The van der Waals surface area contributed by atoms with Crippen LogP contribution in [0.25, 0.3) is 0 Å². The molecule has 24 heavy (non-hydrogen) atoms. The van der Waals surface area contributed by atoms with Gasteiger partial charge in [0.1, 0.15) is 11.4 Å². The van der Waals surface area contributed by atoms with Gasteiger partial charge in [0.15, 0.2) is 0 Å². The summed E-state index contributed by atoms with van der Waals surface area (Å²) >= 11 is 0. The van der Waals surface area contributed by atoms with Gasteiger partial charge in [-0.3, -0.25) is 0 Å². The molecule has 1 aliphatic heterocycles. The summed E-state index contributed by atoms with van der Waals surface area (Å²) < 4.78 is 24.7. The van der Waals surface area contributed by atoms with Crippen LogP contribution < -0.4 is 10.3 Å². The van der Waals surface area contributed by atoms with E-state index >= 15 is 0 Å². The Labute approximate surface area is 141 Å². The van der Waals surface area contributed by atoms with E-state index in [9.17, 15) is 9.18 Å². The predicted molar refractivity (Wildman–Crippen MR) is 91.0 cm³/mol. The Hall–Kier alpha value is -2.15. The number of carbonyl (C=O) groups excluding carboxylic acids is 1. The Morgan fingerprint density at radius 3 is 2.58 bits per heavy atom. The fraction of sp³-hybridized carbons (Fsp3) is 0.529. The molecule has 1 saturated heterocycles. The van der Waals surface area contributed by atoms with Crippen LogP contribution in [-0.4, -0.2) is 43.7 Å². The summed E-state index contributed by atoms with van der Waals surface area (Å²) in [4.78, 5) is 13.5. The first-order chi connectivity index (χ1) is 11.3. The van der Waals surface area contributed by atoms with E-state index in [2.05, 4.69) is 10.5 Å². The van der Waals surface area contributed by atoms with Crippen LogP contribution in [0.4, 0.5) is 14.9 Å². The molecule has 7 heteroatoms. The number of nitrogens with zero attached hydrogens (tertiary/aromatic N) is 2. The van der Waals surface area contributed by atoms with Crippen LogP contribution in [0.3, 0.4) is 0 Å². The lowest BCUT2D eigenvalue weighted by molar-refractivity contribution is 0.0529. The van der Waals surface area contributed by atoms with Crippen molar-refractivity contribution in [1.29, 1.82) is 0 Å². The summed E-state index contributed by atoms with van der Waals surface area (Å²) in [7, 11) is 0. The maximum atomic E-state index is 14.4. The molecule has 1 heterocycles. The number of hydrogen-bond donors (Lipinski definition) is 1. The van der Waals surface area contributed by atoms with Crippen LogP contribution in [0.15, 0.2) is 23.3 Å². The fourth-order valence-electron chi connectivity index (χ4n) is 2.29. The van der Waals surface area contributed by atoms with Gasteiger partial charge in [0, 0.05) is 18.7 Å². The molecule has 1 aromatic rings. The second-order valence-electron chi connectivity index (χ2n) is 6.58. The van der Waals surface area contributed by atoms with Crippen LogP contribution in [0.1, 0.15) is 33.3 Å². The second kappa shape index (κ2) is 7.61. The van der Waals surface area contributed by atoms with Gasteiger partial charge < -0.3 is 14.4 Å². The maximum absolute atomic E-state index is 14.4. The molecule has 0 radical (unpaired) electrons. The molecule has 1 aromatic carbocycles. The summed E-state index contributed by atoms with van der Waals surface area (Å²) in [5, 5.41) is 3.95. The zero-order valence-electron chi connectivity index (χ0n) is 14.6. The summed E-state index contributed by atoms with van der Waals surface area (Å²) in [5.41, 5.74) is 3.36. The minimum Gasteiger partial charge on any atom is -0.443 e. The SMILES string of the molecule is C/C(=N\NC(=O)OC(C)(C)C)c1ccc(N2CCOCC2)c(F)c1. The molecule has 0 atom stereocenters. The Morgan fingerprint density at radius 2 is 2.00 bits per heavy atom. The molecule has 0 aromatic heterocycles. The number of nitrogens with one attached hydrogen (secondary N) is 1. The maximum Gasteiger partial charge on any atom is 0.428 e. The summed E-state index contributed by atoms with van der Waals surface area (Å²) in [6.45, 7) is 9.53. The molecule has 0 aliphatic carbocycles. The highest BCUT2D eigenvalue weighted by molar-refractivity contribution is 5.99. The Balaban J connectivity index is 2.04. The van der Waals surface area contributed by atoms with E-state index in [4.69, 9.17) is 9.47 Å². The molecule has 2 rings (SSSR count). The lowest BCUT2D eigenvalue weighted by Crippen LogP contribution is -2.36. The van der Waals surface area contributed by atoms with Gasteiger partial charge >= 0.3 is 6.09 Å². The highest BCUT2D eigenvalue weighted by Gasteiger charge is 2.17. The molecule has 0 saturated carbocycles. The van der Waals surface area contributed by atoms with Gasteiger partial charge in [0.2, 0.25) is 0 Å². The molecule has 0 bridgehead atoms. The minimum absolute atomic E-state index is 0.318. The number of morpholine rings is 1. The van der Waals surface area contributed by atoms with E-state index < -0.39 is 11.7 Å². The molecule has 1 aliphatic rings. The first-order valence-corrected chi connectivity index (χ1v) is 7.92. The van der Waals surface area contributed by atoms with Gasteiger partial charge in [-0.1, -0.05) is 6.07 Å². The van der Waals surface area contributed by atoms with Crippen LogP contribution in [0.2, 0.25) is 0 Å². The number of carbonyl (C=O) groups is 1. The molecule has 0 unspecified atom stereocenters. The number of halogens is 1. The summed E-state index contributed by atoms with van der Waals surface area (Å²) in [6.07, 6.45) is -0.646. The van der Waals surface area contributed by atoms with Gasteiger partial charge in [-0.15, -0.1) is 0 Å². The van der Waals surface area contributed by atoms with Crippen molar-refractivity contribution < 1.29 is 18.7 Å². The van der Waals surface area contributed by atoms with Crippen LogP contribution in [0, 0.1) is 5.82 Å². The first kappa shape index (κ1) is 18.2. The van der Waals surface area contributed by atoms with Gasteiger partial charge in [-0.25, -0.2) is 14.6 Å². The highest BCUT2D eigenvalue weighted by Crippen LogP contribution is 2.22. The molecule has 132 valence electrons. The molecular weight excluding hydrogens is 313 g/mol. The number of hydrogen-bond acceptors (Lipinski definition) is 5. The third-order valence-corrected chi connectivity index (χ3v) is 3.43. The van der Waals surface area contributed by atoms with E-state index in [0.717, 1.165) is 0 Å². The Kier molecular flexibility index (Phi) is 5.77. The van der Waals surface area contributed by atoms with Crippen LogP contribution in [-0.2, 0) is 9.47 Å². The molecule has 1 fully saturated rings. The van der Waals surface area contributed by atoms with Gasteiger partial charge in [0.25, 0.3) is 0 Å². The average molecular weight is 337 g/mol. The minimum atomic E-state index is -0.646. The van der Waals surface area contributed by atoms with Crippen LogP contribution in [0.5, 0.6) is 0 Å². The monoisotopic (exact) mass is 337 g/mol. The van der Waals surface area contributed by atoms with Crippen molar-refractivity contribution in [2.45, 2.75) is 33.3 Å². The fourth-order valence-corrected chi connectivity index (χ4v) is 2.29. The van der Waals surface area contributed by atoms with E-state index in [1.807, 2.05) is 4.90 Å². The highest BCUT2D eigenvalue weighted by atomic mass is 19.1. The Morgan fingerprint density at radius 1 is 1.33 bits per heavy atom. The molecule has 0 spiro atoms. The smallest absolute Gasteiger partial charge is 0.428 e. The van der Waals surface area contributed by atoms with Crippen LogP contribution >= 0.6 is 0 Å². The number of anilines is 1. The van der Waals surface area contributed by atoms with Crippen molar-refractivity contribution in [2.75, 3.05) is 31.2 Å². The average Bonchev–Trinajstić information content (AvgIpc) is 2.51. The number of ether oxygens (including phenoxy) is 2. The molecule has 1 N–H and O–H groups in total. The summed E-state index contributed by atoms with van der Waals surface area (Å²) in [5.74, 6) is -0.318. The third-order valence-electron chi connectivity index (χ3n) is 3.43. The van der Waals surface area contributed by atoms with E-state index in [1.54, 1.807) is 39.8 Å². The van der Waals surface area contributed by atoms with Crippen molar-refractivity contribution in [3.63, 3.8) is 0 Å². The molecule has 6 nitrogen and oxygen atoms in total. The topological polar surface area (TPSA) is 63.2 Å². The molecular formula is C17H24FN3O3. The third kappa shape index (κ3) is 5.19. The normalized spacial score (nSPS) is 16.0. The lowest BCUT2D eigenvalue weighted by Gasteiger charge is -2.29. The van der Waals surface area contributed by atoms with E-state index in [-0.39, 0.29) is 5.82 Å². The number of amides is 1. The standard InChI is InChI=1S/C17H24FN3O3/c1-12(19-20-16(22)24-17(2,3)4)13-5-6-15(14(18)11-13)21-7-9-23-10-8-21/h5-6,11H,7-10H2,1-4H3,(H,20,22)/b19-12+. The van der Waals surface area contributed by atoms with Crippen molar-refractivity contribution in [3.05, 3.63) is 29.6 Å². The Bertz CT molecular complexity index is 620. The number of rotatable bonds is 3. The predicted octanol–water partition coefficient (Wildman–Crippen LogP) is 2.91. The van der Waals surface area contributed by atoms with E-state index in [1.165, 1.54) is 6.07 Å². The van der Waals surface area contributed by atoms with Crippen molar-refractivity contribution >= 4 is 17.5 Å². The molecule has 1 amide bonds.